The molecule has 38 heavy (non-hydrogen) atoms. The van der Waals surface area contributed by atoms with E-state index in [0.29, 0.717) is 24.0 Å². The molecule has 0 aromatic heterocycles. The summed E-state index contributed by atoms with van der Waals surface area (Å²) in [4.78, 5) is 52.1. The first kappa shape index (κ1) is 29.1. The van der Waals surface area contributed by atoms with Gasteiger partial charge in [-0.3, -0.25) is 19.2 Å². The standard InChI is InChI=1S/C30H44O8/c1-15(25(36)37)10-16(31)13-29(6,38)20-12-22(35)30(7)24-17(32)11-19-26(2,3)21(34)8-9-27(19,4)23(24)18(33)14-28(20,30)5/h15-17,19-20,31-32,38H,8-14H2,1-7H3,(H,36,37)/t15?,16-,17+,19+,20+,27+,28-,29+,30+/m1/s1. The Morgan fingerprint density at radius 3 is 2.29 bits per heavy atom. The highest BCUT2D eigenvalue weighted by molar-refractivity contribution is 6.05. The monoisotopic (exact) mass is 532 g/mol. The minimum absolute atomic E-state index is 0.0118. The van der Waals surface area contributed by atoms with Crippen molar-refractivity contribution in [3.05, 3.63) is 11.1 Å². The zero-order valence-electron chi connectivity index (χ0n) is 23.8. The molecule has 4 N–H and O–H groups in total. The Morgan fingerprint density at radius 2 is 1.71 bits per heavy atom. The first-order chi connectivity index (χ1) is 17.2. The number of rotatable bonds is 6. The number of Topliss-reactive ketones (excluding diaryl/α,β-unsaturated/α-hetero) is 3. The number of fused-ring (bicyclic) bond motifs is 4. The van der Waals surface area contributed by atoms with Crippen LogP contribution < -0.4 is 0 Å². The molecular weight excluding hydrogens is 488 g/mol. The first-order valence-corrected chi connectivity index (χ1v) is 13.9. The van der Waals surface area contributed by atoms with Crippen LogP contribution in [0.25, 0.3) is 0 Å². The number of hydrogen-bond donors (Lipinski definition) is 4. The van der Waals surface area contributed by atoms with Crippen molar-refractivity contribution >= 4 is 23.3 Å². The molecule has 0 radical (unpaired) electrons. The molecule has 0 aromatic rings. The minimum Gasteiger partial charge on any atom is -0.481 e. The van der Waals surface area contributed by atoms with Crippen molar-refractivity contribution in [2.45, 2.75) is 111 Å². The Balaban J connectivity index is 1.78. The van der Waals surface area contributed by atoms with E-state index in [-0.39, 0.29) is 55.4 Å². The zero-order chi connectivity index (χ0) is 28.8. The van der Waals surface area contributed by atoms with Crippen LogP contribution >= 0.6 is 0 Å². The van der Waals surface area contributed by atoms with E-state index in [1.165, 1.54) is 6.92 Å². The lowest BCUT2D eigenvalue weighted by Crippen LogP contribution is -2.60. The fourth-order valence-electron chi connectivity index (χ4n) is 9.16. The summed E-state index contributed by atoms with van der Waals surface area (Å²) < 4.78 is 0. The van der Waals surface area contributed by atoms with E-state index in [1.807, 2.05) is 27.7 Å². The number of carbonyl (C=O) groups excluding carboxylic acids is 3. The van der Waals surface area contributed by atoms with Crippen LogP contribution in [0.15, 0.2) is 11.1 Å². The maximum absolute atomic E-state index is 14.1. The Kier molecular flexibility index (Phi) is 6.74. The zero-order valence-corrected chi connectivity index (χ0v) is 23.8. The van der Waals surface area contributed by atoms with Crippen LogP contribution in [0.4, 0.5) is 0 Å². The molecule has 2 saturated carbocycles. The van der Waals surface area contributed by atoms with E-state index in [0.717, 1.165) is 0 Å². The maximum Gasteiger partial charge on any atom is 0.306 e. The molecule has 0 aromatic carbocycles. The van der Waals surface area contributed by atoms with Crippen molar-refractivity contribution in [2.24, 2.45) is 39.4 Å². The van der Waals surface area contributed by atoms with Crippen molar-refractivity contribution < 1.29 is 39.6 Å². The van der Waals surface area contributed by atoms with Crippen molar-refractivity contribution in [1.29, 1.82) is 0 Å². The Labute approximate surface area is 224 Å². The van der Waals surface area contributed by atoms with E-state index >= 15 is 0 Å². The second-order valence-electron chi connectivity index (χ2n) is 14.2. The lowest BCUT2D eigenvalue weighted by molar-refractivity contribution is -0.149. The van der Waals surface area contributed by atoms with Gasteiger partial charge >= 0.3 is 5.97 Å². The molecule has 1 unspecified atom stereocenters. The molecular formula is C30H44O8. The summed E-state index contributed by atoms with van der Waals surface area (Å²) in [6.45, 7) is 12.4. The lowest BCUT2D eigenvalue weighted by Gasteiger charge is -2.60. The van der Waals surface area contributed by atoms with Crippen LogP contribution in [-0.2, 0) is 19.2 Å². The van der Waals surface area contributed by atoms with Crippen LogP contribution in [0.2, 0.25) is 0 Å². The van der Waals surface area contributed by atoms with Gasteiger partial charge in [-0.25, -0.2) is 0 Å². The third-order valence-electron chi connectivity index (χ3n) is 11.5. The third kappa shape index (κ3) is 3.80. The van der Waals surface area contributed by atoms with Gasteiger partial charge in [0.15, 0.2) is 5.78 Å². The van der Waals surface area contributed by atoms with Crippen LogP contribution in [-0.4, -0.2) is 61.6 Å². The number of aliphatic carboxylic acids is 1. The largest absolute Gasteiger partial charge is 0.481 e. The van der Waals surface area contributed by atoms with Gasteiger partial charge in [0.25, 0.3) is 0 Å². The third-order valence-corrected chi connectivity index (χ3v) is 11.5. The van der Waals surface area contributed by atoms with Gasteiger partial charge in [0.05, 0.1) is 29.1 Å². The van der Waals surface area contributed by atoms with Gasteiger partial charge in [-0.2, -0.15) is 0 Å². The van der Waals surface area contributed by atoms with E-state index in [1.54, 1.807) is 13.8 Å². The highest BCUT2D eigenvalue weighted by Crippen LogP contribution is 2.70. The quantitative estimate of drug-likeness (QED) is 0.407. The van der Waals surface area contributed by atoms with Crippen LogP contribution in [0, 0.1) is 39.4 Å². The van der Waals surface area contributed by atoms with Gasteiger partial charge in [0.1, 0.15) is 11.6 Å². The first-order valence-electron chi connectivity index (χ1n) is 13.9. The summed E-state index contributed by atoms with van der Waals surface area (Å²) in [5.74, 6) is -2.92. The molecule has 4 aliphatic carbocycles. The molecule has 4 aliphatic rings. The molecule has 9 atom stereocenters. The summed E-state index contributed by atoms with van der Waals surface area (Å²) in [5.41, 5.74) is -4.13. The number of carboxylic acid groups (broad SMARTS) is 1. The highest BCUT2D eigenvalue weighted by Gasteiger charge is 2.71. The summed E-state index contributed by atoms with van der Waals surface area (Å²) in [6, 6.07) is 0. The van der Waals surface area contributed by atoms with Crippen molar-refractivity contribution in [3.8, 4) is 0 Å². The van der Waals surface area contributed by atoms with E-state index < -0.39 is 57.3 Å². The fraction of sp³-hybridized carbons (Fsp3) is 0.800. The smallest absolute Gasteiger partial charge is 0.306 e. The number of aliphatic hydroxyl groups is 3. The van der Waals surface area contributed by atoms with Crippen molar-refractivity contribution in [2.75, 3.05) is 0 Å². The number of aliphatic hydroxyl groups excluding tert-OH is 2. The molecule has 0 bridgehead atoms. The Bertz CT molecular complexity index is 1120. The van der Waals surface area contributed by atoms with E-state index in [2.05, 4.69) is 0 Å². The van der Waals surface area contributed by atoms with Crippen LogP contribution in [0.1, 0.15) is 93.4 Å². The Morgan fingerprint density at radius 1 is 1.11 bits per heavy atom. The summed E-state index contributed by atoms with van der Waals surface area (Å²) in [7, 11) is 0. The molecule has 2 fully saturated rings. The number of carbonyl (C=O) groups is 4. The van der Waals surface area contributed by atoms with Gasteiger partial charge in [-0.1, -0.05) is 34.6 Å². The second-order valence-corrected chi connectivity index (χ2v) is 14.2. The molecule has 0 amide bonds. The number of hydrogen-bond acceptors (Lipinski definition) is 7. The van der Waals surface area contributed by atoms with Gasteiger partial charge < -0.3 is 20.4 Å². The van der Waals surface area contributed by atoms with Crippen LogP contribution in [0.3, 0.4) is 0 Å². The van der Waals surface area contributed by atoms with Crippen molar-refractivity contribution in [3.63, 3.8) is 0 Å². The second kappa shape index (κ2) is 8.80. The maximum atomic E-state index is 14.1. The van der Waals surface area contributed by atoms with E-state index in [4.69, 9.17) is 0 Å². The summed E-state index contributed by atoms with van der Waals surface area (Å²) in [6.07, 6.45) is -1.21. The molecule has 8 nitrogen and oxygen atoms in total. The average Bonchev–Trinajstić information content (AvgIpc) is 2.99. The Hall–Kier alpha value is -1.90. The van der Waals surface area contributed by atoms with Crippen LogP contribution in [0.5, 0.6) is 0 Å². The SMILES string of the molecule is CC(C[C@@H](O)C[C@](C)(O)[C@H]1CC(=O)[C@@]2(C)C3=C(C(=O)C[C@]12C)[C@@]1(C)CCC(=O)C(C)(C)[C@@H]1C[C@@H]3O)C(=O)O. The van der Waals surface area contributed by atoms with Crippen molar-refractivity contribution in [1.82, 2.24) is 0 Å². The summed E-state index contributed by atoms with van der Waals surface area (Å²) in [5, 5.41) is 43.1. The topological polar surface area (TPSA) is 149 Å². The lowest BCUT2D eigenvalue weighted by atomic mass is 9.42. The molecule has 0 saturated heterocycles. The highest BCUT2D eigenvalue weighted by atomic mass is 16.4. The van der Waals surface area contributed by atoms with E-state index in [9.17, 15) is 39.6 Å². The molecule has 8 heteroatoms. The predicted octanol–water partition coefficient (Wildman–Crippen LogP) is 3.25. The molecule has 212 valence electrons. The van der Waals surface area contributed by atoms with Gasteiger partial charge in [-0.15, -0.1) is 0 Å². The molecule has 0 spiro atoms. The number of allylic oxidation sites excluding steroid dienone is 1. The fourth-order valence-corrected chi connectivity index (χ4v) is 9.16. The molecule has 0 aliphatic heterocycles. The molecule has 0 heterocycles. The normalized spacial score (nSPS) is 41.6. The van der Waals surface area contributed by atoms with Gasteiger partial charge in [-0.05, 0) is 50.0 Å². The molecule has 4 rings (SSSR count). The number of carboxylic acids is 1. The van der Waals surface area contributed by atoms with Gasteiger partial charge in [0, 0.05) is 48.0 Å². The average molecular weight is 533 g/mol. The number of ketones is 3. The summed E-state index contributed by atoms with van der Waals surface area (Å²) >= 11 is 0. The minimum atomic E-state index is -1.55. The van der Waals surface area contributed by atoms with Gasteiger partial charge in [0.2, 0.25) is 0 Å². The predicted molar refractivity (Wildman–Crippen MR) is 139 cm³/mol.